The van der Waals surface area contributed by atoms with Gasteiger partial charge in [0.15, 0.2) is 0 Å². The normalized spacial score (nSPS) is 14.9. The minimum absolute atomic E-state index is 0.0857. The Morgan fingerprint density at radius 3 is 2.91 bits per heavy atom. The average molecular weight is 301 g/mol. The second-order valence-corrected chi connectivity index (χ2v) is 5.56. The van der Waals surface area contributed by atoms with Crippen molar-refractivity contribution in [2.24, 2.45) is 0 Å². The fourth-order valence-corrected chi connectivity index (χ4v) is 2.57. The number of aromatic amines is 1. The first-order valence-electron chi connectivity index (χ1n) is 7.25. The first-order valence-corrected chi connectivity index (χ1v) is 7.25. The number of hydrogen-bond donors (Lipinski definition) is 2. The first-order chi connectivity index (χ1) is 10.5. The van der Waals surface area contributed by atoms with Crippen molar-refractivity contribution in [1.29, 1.82) is 0 Å². The van der Waals surface area contributed by atoms with E-state index in [-0.39, 0.29) is 18.5 Å². The van der Waals surface area contributed by atoms with Gasteiger partial charge < -0.3 is 20.1 Å². The molecule has 0 atom stereocenters. The van der Waals surface area contributed by atoms with Crippen LogP contribution in [0.1, 0.15) is 11.4 Å². The van der Waals surface area contributed by atoms with Crippen molar-refractivity contribution in [2.45, 2.75) is 13.5 Å². The van der Waals surface area contributed by atoms with Crippen molar-refractivity contribution in [3.05, 3.63) is 29.6 Å². The van der Waals surface area contributed by atoms with Gasteiger partial charge in [-0.2, -0.15) is 0 Å². The lowest BCUT2D eigenvalue weighted by Gasteiger charge is -2.15. The van der Waals surface area contributed by atoms with Crippen LogP contribution in [-0.4, -0.2) is 58.4 Å². The Balaban J connectivity index is 1.58. The fourth-order valence-electron chi connectivity index (χ4n) is 2.57. The number of rotatable bonds is 4. The lowest BCUT2D eigenvalue weighted by atomic mass is 10.2. The monoisotopic (exact) mass is 301 g/mol. The number of para-hydroxylation sites is 1. The molecule has 2 aromatic rings. The molecule has 0 spiro atoms. The Labute approximate surface area is 128 Å². The molecule has 0 bridgehead atoms. The molecule has 7 heteroatoms. The molecule has 2 N–H and O–H groups in total. The Morgan fingerprint density at radius 1 is 1.41 bits per heavy atom. The van der Waals surface area contributed by atoms with E-state index >= 15 is 0 Å². The highest BCUT2D eigenvalue weighted by molar-refractivity contribution is 5.85. The van der Waals surface area contributed by atoms with Crippen LogP contribution in [0.2, 0.25) is 0 Å². The zero-order valence-electron chi connectivity index (χ0n) is 12.7. The molecule has 1 aliphatic heterocycles. The number of benzene rings is 1. The smallest absolute Gasteiger partial charge is 0.320 e. The van der Waals surface area contributed by atoms with Crippen LogP contribution < -0.4 is 5.32 Å². The summed E-state index contributed by atoms with van der Waals surface area (Å²) in [6.07, 6.45) is 0. The van der Waals surface area contributed by atoms with Gasteiger partial charge in [0.05, 0.1) is 17.6 Å². The summed E-state index contributed by atoms with van der Waals surface area (Å²) in [5.41, 5.74) is 2.97. The number of amides is 3. The van der Waals surface area contributed by atoms with Crippen LogP contribution in [0.3, 0.4) is 0 Å². The van der Waals surface area contributed by atoms with Crippen LogP contribution in [0.15, 0.2) is 18.2 Å². The van der Waals surface area contributed by atoms with Crippen molar-refractivity contribution >= 4 is 23.0 Å². The summed E-state index contributed by atoms with van der Waals surface area (Å²) < 4.78 is 0. The molecule has 22 heavy (non-hydrogen) atoms. The molecule has 1 saturated heterocycles. The van der Waals surface area contributed by atoms with E-state index in [2.05, 4.69) is 15.3 Å². The molecule has 7 nitrogen and oxygen atoms in total. The highest BCUT2D eigenvalue weighted by Crippen LogP contribution is 2.15. The van der Waals surface area contributed by atoms with E-state index in [9.17, 15) is 9.59 Å². The van der Waals surface area contributed by atoms with Gasteiger partial charge in [0.1, 0.15) is 12.4 Å². The van der Waals surface area contributed by atoms with Gasteiger partial charge in [0, 0.05) is 20.1 Å². The highest BCUT2D eigenvalue weighted by Gasteiger charge is 2.26. The molecule has 0 unspecified atom stereocenters. The van der Waals surface area contributed by atoms with Gasteiger partial charge in [-0.15, -0.1) is 0 Å². The minimum Gasteiger partial charge on any atom is -0.347 e. The molecule has 2 heterocycles. The van der Waals surface area contributed by atoms with E-state index in [0.717, 1.165) is 16.6 Å². The molecule has 116 valence electrons. The number of hydrogen-bond acceptors (Lipinski definition) is 3. The van der Waals surface area contributed by atoms with Crippen molar-refractivity contribution in [3.8, 4) is 0 Å². The van der Waals surface area contributed by atoms with Gasteiger partial charge in [-0.05, 0) is 18.6 Å². The van der Waals surface area contributed by atoms with E-state index in [4.69, 9.17) is 0 Å². The summed E-state index contributed by atoms with van der Waals surface area (Å²) in [6.45, 7) is 3.66. The number of carbonyl (C=O) groups excluding carboxylic acids is 2. The van der Waals surface area contributed by atoms with Crippen LogP contribution in [-0.2, 0) is 11.3 Å². The second kappa shape index (κ2) is 5.67. The van der Waals surface area contributed by atoms with Crippen molar-refractivity contribution in [1.82, 2.24) is 25.1 Å². The number of nitrogens with zero attached hydrogens (tertiary/aromatic N) is 3. The van der Waals surface area contributed by atoms with Gasteiger partial charge in [-0.25, -0.2) is 9.78 Å². The summed E-state index contributed by atoms with van der Waals surface area (Å²) in [6, 6.07) is 5.82. The summed E-state index contributed by atoms with van der Waals surface area (Å²) >= 11 is 0. The molecule has 0 aliphatic carbocycles. The molecule has 0 radical (unpaired) electrons. The van der Waals surface area contributed by atoms with Crippen LogP contribution in [0, 0.1) is 6.92 Å². The third kappa shape index (κ3) is 2.74. The number of nitrogens with one attached hydrogen (secondary N) is 2. The van der Waals surface area contributed by atoms with Gasteiger partial charge in [0.25, 0.3) is 0 Å². The number of aromatic nitrogens is 2. The number of imidazole rings is 1. The van der Waals surface area contributed by atoms with Crippen molar-refractivity contribution < 1.29 is 9.59 Å². The highest BCUT2D eigenvalue weighted by atomic mass is 16.2. The van der Waals surface area contributed by atoms with Crippen molar-refractivity contribution in [3.63, 3.8) is 0 Å². The molecule has 1 aliphatic rings. The van der Waals surface area contributed by atoms with Crippen LogP contribution in [0.25, 0.3) is 11.0 Å². The zero-order chi connectivity index (χ0) is 15.7. The molecular weight excluding hydrogens is 282 g/mol. The second-order valence-electron chi connectivity index (χ2n) is 5.56. The lowest BCUT2D eigenvalue weighted by molar-refractivity contribution is -0.121. The summed E-state index contributed by atoms with van der Waals surface area (Å²) in [4.78, 5) is 34.5. The molecule has 0 saturated carbocycles. The van der Waals surface area contributed by atoms with Crippen LogP contribution in [0.5, 0.6) is 0 Å². The maximum Gasteiger partial charge on any atom is 0.320 e. The van der Waals surface area contributed by atoms with Gasteiger partial charge in [-0.1, -0.05) is 12.1 Å². The molecular formula is C15H19N5O2. The average Bonchev–Trinajstić information content (AvgIpc) is 3.05. The standard InChI is InChI=1S/C15H19N5O2/c1-10-4-3-5-11-14(10)18-12(17-11)8-16-13(21)9-20-7-6-19(2)15(20)22/h3-5H,6-9H2,1-2H3,(H,16,21)(H,17,18). The minimum atomic E-state index is -0.180. The van der Waals surface area contributed by atoms with E-state index < -0.39 is 0 Å². The Kier molecular flexibility index (Phi) is 3.70. The van der Waals surface area contributed by atoms with E-state index in [1.165, 1.54) is 4.90 Å². The molecule has 1 aromatic heterocycles. The molecule has 3 amide bonds. The van der Waals surface area contributed by atoms with Gasteiger partial charge in [0.2, 0.25) is 5.91 Å². The van der Waals surface area contributed by atoms with Gasteiger partial charge in [-0.3, -0.25) is 4.79 Å². The summed E-state index contributed by atoms with van der Waals surface area (Å²) in [7, 11) is 1.73. The quantitative estimate of drug-likeness (QED) is 0.878. The molecule has 3 rings (SSSR count). The number of H-pyrrole nitrogens is 1. The summed E-state index contributed by atoms with van der Waals surface area (Å²) in [5.74, 6) is 0.531. The SMILES string of the molecule is Cc1cccc2[nH]c(CNC(=O)CN3CCN(C)C3=O)nc12. The maximum atomic E-state index is 11.9. The van der Waals surface area contributed by atoms with E-state index in [1.807, 2.05) is 25.1 Å². The largest absolute Gasteiger partial charge is 0.347 e. The molecule has 1 fully saturated rings. The molecule has 1 aromatic carbocycles. The third-order valence-corrected chi connectivity index (χ3v) is 3.85. The predicted octanol–water partition coefficient (Wildman–Crippen LogP) is 0.855. The summed E-state index contributed by atoms with van der Waals surface area (Å²) in [5, 5.41) is 2.80. The predicted molar refractivity (Wildman–Crippen MR) is 82.3 cm³/mol. The van der Waals surface area contributed by atoms with Crippen LogP contribution in [0.4, 0.5) is 4.79 Å². The number of fused-ring (bicyclic) bond motifs is 1. The third-order valence-electron chi connectivity index (χ3n) is 3.85. The Bertz CT molecular complexity index is 724. The Morgan fingerprint density at radius 2 is 2.23 bits per heavy atom. The van der Waals surface area contributed by atoms with Crippen LogP contribution >= 0.6 is 0 Å². The number of aryl methyl sites for hydroxylation is 1. The van der Waals surface area contributed by atoms with E-state index in [0.29, 0.717) is 25.5 Å². The van der Waals surface area contributed by atoms with Gasteiger partial charge >= 0.3 is 6.03 Å². The fraction of sp³-hybridized carbons (Fsp3) is 0.400. The lowest BCUT2D eigenvalue weighted by Crippen LogP contribution is -2.39. The number of urea groups is 1. The first kappa shape index (κ1) is 14.4. The Hall–Kier alpha value is -2.57. The maximum absolute atomic E-state index is 11.9. The number of likely N-dealkylation sites (N-methyl/N-ethyl adjacent to an activating group) is 1. The number of carbonyl (C=O) groups is 2. The topological polar surface area (TPSA) is 81.3 Å². The van der Waals surface area contributed by atoms with Crippen molar-refractivity contribution in [2.75, 3.05) is 26.7 Å². The van der Waals surface area contributed by atoms with E-state index in [1.54, 1.807) is 11.9 Å². The zero-order valence-corrected chi connectivity index (χ0v) is 12.7.